The van der Waals surface area contributed by atoms with Gasteiger partial charge in [0.05, 0.1) is 12.2 Å². The van der Waals surface area contributed by atoms with Crippen molar-refractivity contribution in [1.29, 1.82) is 0 Å². The molecule has 0 radical (unpaired) electrons. The van der Waals surface area contributed by atoms with Gasteiger partial charge in [0, 0.05) is 0 Å². The third kappa shape index (κ3) is 7.75. The quantitative estimate of drug-likeness (QED) is 0.347. The average Bonchev–Trinajstić information content (AvgIpc) is 2.72. The van der Waals surface area contributed by atoms with E-state index in [9.17, 15) is 9.90 Å². The SMILES string of the molecule is CCCCCCCCCCCCOc1ccc(-c2ccccc2)c(C(=O)O)c1. The number of ether oxygens (including phenoxy) is 1. The molecule has 1 N–H and O–H groups in total. The maximum absolute atomic E-state index is 11.7. The van der Waals surface area contributed by atoms with E-state index in [1.165, 1.54) is 57.8 Å². The minimum Gasteiger partial charge on any atom is -0.494 e. The van der Waals surface area contributed by atoms with E-state index in [2.05, 4.69) is 6.92 Å². The summed E-state index contributed by atoms with van der Waals surface area (Å²) in [5.74, 6) is -0.295. The first-order chi connectivity index (χ1) is 13.7. The Morgan fingerprint density at radius 1 is 0.821 bits per heavy atom. The van der Waals surface area contributed by atoms with Crippen LogP contribution in [0.15, 0.2) is 48.5 Å². The Morgan fingerprint density at radius 2 is 1.43 bits per heavy atom. The molecule has 0 amide bonds. The summed E-state index contributed by atoms with van der Waals surface area (Å²) in [5, 5.41) is 9.56. The summed E-state index contributed by atoms with van der Waals surface area (Å²) in [6.45, 7) is 2.89. The summed E-state index contributed by atoms with van der Waals surface area (Å²) in [6.07, 6.45) is 12.9. The molecule has 0 saturated heterocycles. The number of carboxylic acid groups (broad SMARTS) is 1. The molecule has 0 heterocycles. The molecule has 2 aromatic carbocycles. The predicted molar refractivity (Wildman–Crippen MR) is 116 cm³/mol. The molecule has 3 heteroatoms. The molecule has 0 atom stereocenters. The first-order valence-electron chi connectivity index (χ1n) is 10.8. The summed E-state index contributed by atoms with van der Waals surface area (Å²) >= 11 is 0. The molecule has 3 nitrogen and oxygen atoms in total. The van der Waals surface area contributed by atoms with E-state index in [0.717, 1.165) is 17.5 Å². The van der Waals surface area contributed by atoms with Gasteiger partial charge in [0.15, 0.2) is 0 Å². The average molecular weight is 383 g/mol. The highest BCUT2D eigenvalue weighted by molar-refractivity contribution is 5.96. The van der Waals surface area contributed by atoms with Gasteiger partial charge in [-0.25, -0.2) is 4.79 Å². The Balaban J connectivity index is 1.70. The third-order valence-electron chi connectivity index (χ3n) is 5.07. The van der Waals surface area contributed by atoms with Crippen LogP contribution < -0.4 is 4.74 Å². The molecule has 0 aliphatic carbocycles. The van der Waals surface area contributed by atoms with E-state index < -0.39 is 5.97 Å². The van der Waals surface area contributed by atoms with E-state index in [-0.39, 0.29) is 5.56 Å². The van der Waals surface area contributed by atoms with Gasteiger partial charge >= 0.3 is 5.97 Å². The lowest BCUT2D eigenvalue weighted by atomic mass is 9.99. The molecule has 0 fully saturated rings. The topological polar surface area (TPSA) is 46.5 Å². The summed E-state index contributed by atoms with van der Waals surface area (Å²) in [6, 6.07) is 14.9. The number of carbonyl (C=O) groups is 1. The second-order valence-electron chi connectivity index (χ2n) is 7.41. The molecule has 0 spiro atoms. The molecule has 152 valence electrons. The van der Waals surface area contributed by atoms with E-state index >= 15 is 0 Å². The van der Waals surface area contributed by atoms with Crippen molar-refractivity contribution in [2.45, 2.75) is 71.1 Å². The second kappa shape index (κ2) is 13.0. The summed E-state index contributed by atoms with van der Waals surface area (Å²) in [4.78, 5) is 11.7. The van der Waals surface area contributed by atoms with E-state index in [1.807, 2.05) is 42.5 Å². The number of benzene rings is 2. The van der Waals surface area contributed by atoms with Crippen LogP contribution in [0.1, 0.15) is 81.5 Å². The number of carboxylic acids is 1. The largest absolute Gasteiger partial charge is 0.494 e. The van der Waals surface area contributed by atoms with Gasteiger partial charge < -0.3 is 9.84 Å². The summed E-state index contributed by atoms with van der Waals surface area (Å²) in [5.41, 5.74) is 1.91. The number of hydrogen-bond donors (Lipinski definition) is 1. The third-order valence-corrected chi connectivity index (χ3v) is 5.07. The van der Waals surface area contributed by atoms with Gasteiger partial charge in [0.1, 0.15) is 5.75 Å². The molecule has 0 aliphatic rings. The van der Waals surface area contributed by atoms with Crippen molar-refractivity contribution >= 4 is 5.97 Å². The van der Waals surface area contributed by atoms with Gasteiger partial charge in [0.25, 0.3) is 0 Å². The molecule has 0 aromatic heterocycles. The van der Waals surface area contributed by atoms with Crippen LogP contribution in [-0.4, -0.2) is 17.7 Å². The Bertz CT molecular complexity index is 694. The molecule has 2 rings (SSSR count). The van der Waals surface area contributed by atoms with Gasteiger partial charge in [-0.05, 0) is 35.7 Å². The minimum absolute atomic E-state index is 0.284. The molecule has 28 heavy (non-hydrogen) atoms. The van der Waals surface area contributed by atoms with Crippen molar-refractivity contribution in [3.63, 3.8) is 0 Å². The van der Waals surface area contributed by atoms with Gasteiger partial charge in [-0.15, -0.1) is 0 Å². The molecule has 0 aliphatic heterocycles. The molecule has 0 bridgehead atoms. The zero-order chi connectivity index (χ0) is 20.0. The van der Waals surface area contributed by atoms with Gasteiger partial charge in [-0.2, -0.15) is 0 Å². The Hall–Kier alpha value is -2.29. The van der Waals surface area contributed by atoms with Gasteiger partial charge in [-0.1, -0.05) is 95.0 Å². The maximum atomic E-state index is 11.7. The van der Waals surface area contributed by atoms with Crippen molar-refractivity contribution < 1.29 is 14.6 Å². The zero-order valence-corrected chi connectivity index (χ0v) is 17.2. The fourth-order valence-electron chi connectivity index (χ4n) is 3.44. The highest BCUT2D eigenvalue weighted by atomic mass is 16.5. The first-order valence-corrected chi connectivity index (χ1v) is 10.8. The van der Waals surface area contributed by atoms with E-state index in [4.69, 9.17) is 4.74 Å². The highest BCUT2D eigenvalue weighted by Crippen LogP contribution is 2.27. The second-order valence-corrected chi connectivity index (χ2v) is 7.41. The smallest absolute Gasteiger partial charge is 0.336 e. The van der Waals surface area contributed by atoms with Crippen molar-refractivity contribution in [1.82, 2.24) is 0 Å². The Morgan fingerprint density at radius 3 is 2.04 bits per heavy atom. The fourth-order valence-corrected chi connectivity index (χ4v) is 3.44. The lowest BCUT2D eigenvalue weighted by molar-refractivity contribution is 0.0697. The summed E-state index contributed by atoms with van der Waals surface area (Å²) in [7, 11) is 0. The van der Waals surface area contributed by atoms with Crippen molar-refractivity contribution in [2.75, 3.05) is 6.61 Å². The predicted octanol–water partition coefficient (Wildman–Crippen LogP) is 7.35. The highest BCUT2D eigenvalue weighted by Gasteiger charge is 2.13. The van der Waals surface area contributed by atoms with Crippen molar-refractivity contribution in [2.24, 2.45) is 0 Å². The number of aromatic carboxylic acids is 1. The molecular weight excluding hydrogens is 348 g/mol. The maximum Gasteiger partial charge on any atom is 0.336 e. The minimum atomic E-state index is -0.928. The molecular formula is C25H34O3. The molecule has 2 aromatic rings. The van der Waals surface area contributed by atoms with Gasteiger partial charge in [0.2, 0.25) is 0 Å². The lowest BCUT2D eigenvalue weighted by Crippen LogP contribution is -2.02. The zero-order valence-electron chi connectivity index (χ0n) is 17.2. The van der Waals surface area contributed by atoms with Crippen LogP contribution in [0.2, 0.25) is 0 Å². The monoisotopic (exact) mass is 382 g/mol. The molecule has 0 unspecified atom stereocenters. The standard InChI is InChI=1S/C25H34O3/c1-2-3-4-5-6-7-8-9-10-14-19-28-22-17-18-23(24(20-22)25(26)27)21-15-12-11-13-16-21/h11-13,15-18,20H,2-10,14,19H2,1H3,(H,26,27). The van der Waals surface area contributed by atoms with Crippen LogP contribution in [0, 0.1) is 0 Å². The number of hydrogen-bond acceptors (Lipinski definition) is 2. The van der Waals surface area contributed by atoms with E-state index in [0.29, 0.717) is 12.4 Å². The van der Waals surface area contributed by atoms with Crippen molar-refractivity contribution in [3.05, 3.63) is 54.1 Å². The van der Waals surface area contributed by atoms with Crippen LogP contribution in [0.3, 0.4) is 0 Å². The van der Waals surface area contributed by atoms with Crippen LogP contribution in [0.25, 0.3) is 11.1 Å². The lowest BCUT2D eigenvalue weighted by Gasteiger charge is -2.11. The van der Waals surface area contributed by atoms with Gasteiger partial charge in [-0.3, -0.25) is 0 Å². The van der Waals surface area contributed by atoms with E-state index in [1.54, 1.807) is 6.07 Å². The fraction of sp³-hybridized carbons (Fsp3) is 0.480. The molecule has 0 saturated carbocycles. The number of rotatable bonds is 14. The van der Waals surface area contributed by atoms with Crippen LogP contribution in [-0.2, 0) is 0 Å². The Labute approximate surface area is 169 Å². The number of unbranched alkanes of at least 4 members (excludes halogenated alkanes) is 9. The van der Waals surface area contributed by atoms with Crippen LogP contribution in [0.5, 0.6) is 5.75 Å². The first kappa shape index (κ1) is 22.0. The summed E-state index contributed by atoms with van der Waals surface area (Å²) < 4.78 is 5.80. The van der Waals surface area contributed by atoms with Crippen molar-refractivity contribution in [3.8, 4) is 16.9 Å². The normalized spacial score (nSPS) is 10.8. The van der Waals surface area contributed by atoms with Crippen LogP contribution in [0.4, 0.5) is 0 Å². The van der Waals surface area contributed by atoms with Crippen LogP contribution >= 0.6 is 0 Å². The Kier molecular flexibility index (Phi) is 10.2.